The molecule has 0 bridgehead atoms. The molecule has 2 N–H and O–H groups in total. The molecule has 0 aliphatic carbocycles. The summed E-state index contributed by atoms with van der Waals surface area (Å²) in [6.45, 7) is 2.93. The van der Waals surface area contributed by atoms with Crippen LogP contribution in [0.5, 0.6) is 5.75 Å². The molecule has 1 aromatic heterocycles. The maximum Gasteiger partial charge on any atom is 0.275 e. The van der Waals surface area contributed by atoms with E-state index < -0.39 is 0 Å². The van der Waals surface area contributed by atoms with Crippen molar-refractivity contribution in [1.82, 2.24) is 15.2 Å². The summed E-state index contributed by atoms with van der Waals surface area (Å²) >= 11 is 1.34. The fourth-order valence-electron chi connectivity index (χ4n) is 4.17. The second-order valence-corrected chi connectivity index (χ2v) is 8.98. The summed E-state index contributed by atoms with van der Waals surface area (Å²) in [4.78, 5) is 43.4. The molecule has 0 saturated carbocycles. The Bertz CT molecular complexity index is 1010. The lowest BCUT2D eigenvalue weighted by molar-refractivity contribution is -0.134. The number of nitrogens with zero attached hydrogens (tertiary/aromatic N) is 2. The van der Waals surface area contributed by atoms with Gasteiger partial charge in [-0.25, -0.2) is 4.98 Å². The van der Waals surface area contributed by atoms with Gasteiger partial charge in [-0.05, 0) is 37.5 Å². The van der Waals surface area contributed by atoms with E-state index in [1.54, 1.807) is 41.0 Å². The number of carbonyl (C=O) groups is 3. The summed E-state index contributed by atoms with van der Waals surface area (Å²) in [7, 11) is 1.76. The number of thiazole rings is 1. The van der Waals surface area contributed by atoms with Crippen molar-refractivity contribution in [3.05, 3.63) is 40.3 Å². The number of likely N-dealkylation sites (N-methyl/N-ethyl adjacent to an activating group) is 1. The van der Waals surface area contributed by atoms with Crippen LogP contribution in [0.15, 0.2) is 29.1 Å². The molecule has 2 aliphatic rings. The van der Waals surface area contributed by atoms with Crippen molar-refractivity contribution in [1.29, 1.82) is 0 Å². The number of amides is 3. The molecule has 3 amide bonds. The maximum atomic E-state index is 13.3. The normalized spacial score (nSPS) is 22.3. The Hall–Kier alpha value is -2.98. The number of hydrogen-bond donors (Lipinski definition) is 2. The van der Waals surface area contributed by atoms with Crippen molar-refractivity contribution < 1.29 is 23.9 Å². The first-order chi connectivity index (χ1) is 16.0. The van der Waals surface area contributed by atoms with Gasteiger partial charge in [-0.1, -0.05) is 6.92 Å². The lowest BCUT2D eigenvalue weighted by atomic mass is 9.94. The van der Waals surface area contributed by atoms with Gasteiger partial charge >= 0.3 is 0 Å². The first-order valence-electron chi connectivity index (χ1n) is 11.1. The molecular formula is C23H28N4O5S. The highest BCUT2D eigenvalue weighted by Crippen LogP contribution is 2.32. The van der Waals surface area contributed by atoms with Gasteiger partial charge in [0.05, 0.1) is 29.6 Å². The average Bonchev–Trinajstić information content (AvgIpc) is 3.36. The summed E-state index contributed by atoms with van der Waals surface area (Å²) in [5, 5.41) is 7.32. The van der Waals surface area contributed by atoms with E-state index in [9.17, 15) is 14.4 Å². The summed E-state index contributed by atoms with van der Waals surface area (Å²) in [5.74, 6) is -0.122. The molecule has 1 fully saturated rings. The lowest BCUT2D eigenvalue weighted by Crippen LogP contribution is -2.54. The summed E-state index contributed by atoms with van der Waals surface area (Å²) < 4.78 is 12.2. The van der Waals surface area contributed by atoms with Crippen LogP contribution < -0.4 is 15.4 Å². The van der Waals surface area contributed by atoms with Crippen molar-refractivity contribution in [3.63, 3.8) is 0 Å². The Balaban J connectivity index is 1.46. The van der Waals surface area contributed by atoms with E-state index in [1.165, 1.54) is 11.3 Å². The average molecular weight is 473 g/mol. The van der Waals surface area contributed by atoms with Crippen molar-refractivity contribution in [2.45, 2.75) is 50.9 Å². The van der Waals surface area contributed by atoms with Gasteiger partial charge in [0.25, 0.3) is 11.8 Å². The highest BCUT2D eigenvalue weighted by atomic mass is 32.1. The molecule has 33 heavy (non-hydrogen) atoms. The predicted molar refractivity (Wildman–Crippen MR) is 124 cm³/mol. The van der Waals surface area contributed by atoms with Gasteiger partial charge < -0.3 is 25.0 Å². The third-order valence-corrected chi connectivity index (χ3v) is 6.51. The van der Waals surface area contributed by atoms with E-state index in [-0.39, 0.29) is 42.6 Å². The lowest BCUT2D eigenvalue weighted by Gasteiger charge is -2.42. The summed E-state index contributed by atoms with van der Waals surface area (Å²) in [5.41, 5.74) is 2.79. The minimum atomic E-state index is -0.335. The molecule has 9 nitrogen and oxygen atoms in total. The fraction of sp³-hybridized carbons (Fsp3) is 0.478. The Morgan fingerprint density at radius 1 is 1.30 bits per heavy atom. The number of hydrogen-bond acceptors (Lipinski definition) is 7. The molecule has 1 saturated heterocycles. The zero-order valence-electron chi connectivity index (χ0n) is 18.7. The standard InChI is InChI=1S/C23H28N4O5S/c1-3-8-24-21(28)10-15-5-6-18-20(32-15)11-31-19-7-4-14(9-16(19)23(30)27(18)2)26-22(29)17-12-33-13-25-17/h4,7,9,12-13,15,18,20H,3,5-6,8,10-11H2,1-2H3,(H,24,28)(H,26,29)/t15-,18-,20-/m0/s1. The number of aromatic nitrogens is 1. The zero-order valence-corrected chi connectivity index (χ0v) is 19.5. The first kappa shape index (κ1) is 23.2. The first-order valence-corrected chi connectivity index (χ1v) is 12.1. The van der Waals surface area contributed by atoms with E-state index in [4.69, 9.17) is 9.47 Å². The Labute approximate surface area is 196 Å². The monoisotopic (exact) mass is 472 g/mol. The van der Waals surface area contributed by atoms with Crippen LogP contribution in [0.3, 0.4) is 0 Å². The third-order valence-electron chi connectivity index (χ3n) is 5.92. The summed E-state index contributed by atoms with van der Waals surface area (Å²) in [6, 6.07) is 4.84. The minimum absolute atomic E-state index is 0.0194. The van der Waals surface area contributed by atoms with Crippen LogP contribution >= 0.6 is 11.3 Å². The van der Waals surface area contributed by atoms with Crippen molar-refractivity contribution in [2.75, 3.05) is 25.5 Å². The van der Waals surface area contributed by atoms with Gasteiger partial charge in [-0.3, -0.25) is 14.4 Å². The summed E-state index contributed by atoms with van der Waals surface area (Å²) in [6.07, 6.45) is 2.08. The number of benzene rings is 1. The van der Waals surface area contributed by atoms with Crippen LogP contribution in [-0.2, 0) is 9.53 Å². The molecule has 0 radical (unpaired) electrons. The molecule has 176 valence electrons. The number of anilines is 1. The SMILES string of the molecule is CCCNC(=O)C[C@@H]1CC[C@H]2[C@H](COc3ccc(NC(=O)c4cscn4)cc3C(=O)N2C)O1. The molecule has 0 spiro atoms. The Kier molecular flexibility index (Phi) is 7.24. The van der Waals surface area contributed by atoms with Gasteiger partial charge in [0.15, 0.2) is 0 Å². The minimum Gasteiger partial charge on any atom is -0.490 e. The van der Waals surface area contributed by atoms with E-state index in [2.05, 4.69) is 15.6 Å². The molecule has 3 heterocycles. The van der Waals surface area contributed by atoms with Crippen LogP contribution in [0.2, 0.25) is 0 Å². The van der Waals surface area contributed by atoms with Crippen LogP contribution in [-0.4, -0.2) is 66.1 Å². The molecular weight excluding hydrogens is 444 g/mol. The molecule has 1 aromatic carbocycles. The van der Waals surface area contributed by atoms with Crippen LogP contribution in [0.1, 0.15) is 53.5 Å². The van der Waals surface area contributed by atoms with Gasteiger partial charge in [-0.2, -0.15) is 0 Å². The van der Waals surface area contributed by atoms with Gasteiger partial charge in [0, 0.05) is 24.7 Å². The predicted octanol–water partition coefficient (Wildman–Crippen LogP) is 2.69. The van der Waals surface area contributed by atoms with E-state index in [0.717, 1.165) is 12.8 Å². The smallest absolute Gasteiger partial charge is 0.275 e. The van der Waals surface area contributed by atoms with Crippen molar-refractivity contribution in [2.24, 2.45) is 0 Å². The molecule has 0 unspecified atom stereocenters. The van der Waals surface area contributed by atoms with Gasteiger partial charge in [0.1, 0.15) is 24.2 Å². The number of carbonyl (C=O) groups excluding carboxylic acids is 3. The second kappa shape index (κ2) is 10.3. The highest BCUT2D eigenvalue weighted by Gasteiger charge is 2.39. The van der Waals surface area contributed by atoms with E-state index in [1.807, 2.05) is 6.92 Å². The van der Waals surface area contributed by atoms with E-state index >= 15 is 0 Å². The number of fused-ring (bicyclic) bond motifs is 2. The van der Waals surface area contributed by atoms with Crippen molar-refractivity contribution in [3.8, 4) is 5.75 Å². The van der Waals surface area contributed by atoms with Crippen molar-refractivity contribution >= 4 is 34.7 Å². The number of ether oxygens (including phenoxy) is 2. The second-order valence-electron chi connectivity index (χ2n) is 8.26. The van der Waals surface area contributed by atoms with Crippen LogP contribution in [0, 0.1) is 0 Å². The Morgan fingerprint density at radius 3 is 2.91 bits per heavy atom. The quantitative estimate of drug-likeness (QED) is 0.669. The third kappa shape index (κ3) is 5.33. The van der Waals surface area contributed by atoms with Gasteiger partial charge in [-0.15, -0.1) is 11.3 Å². The van der Waals surface area contributed by atoms with Gasteiger partial charge in [0.2, 0.25) is 5.91 Å². The highest BCUT2D eigenvalue weighted by molar-refractivity contribution is 7.07. The van der Waals surface area contributed by atoms with Crippen LogP contribution in [0.4, 0.5) is 5.69 Å². The fourth-order valence-corrected chi connectivity index (χ4v) is 4.70. The Morgan fingerprint density at radius 2 is 2.15 bits per heavy atom. The topological polar surface area (TPSA) is 110 Å². The number of nitrogens with one attached hydrogen (secondary N) is 2. The number of rotatable bonds is 6. The zero-order chi connectivity index (χ0) is 23.4. The van der Waals surface area contributed by atoms with Crippen LogP contribution in [0.25, 0.3) is 0 Å². The van der Waals surface area contributed by atoms with E-state index in [0.29, 0.717) is 42.1 Å². The molecule has 4 rings (SSSR count). The largest absolute Gasteiger partial charge is 0.490 e. The molecule has 10 heteroatoms. The maximum absolute atomic E-state index is 13.3. The molecule has 2 aromatic rings. The molecule has 3 atom stereocenters. The molecule has 2 aliphatic heterocycles.